The van der Waals surface area contributed by atoms with Crippen LogP contribution in [0.5, 0.6) is 11.5 Å². The van der Waals surface area contributed by atoms with Crippen LogP contribution in [0.1, 0.15) is 11.1 Å². The number of methoxy groups -OCH3 is 2. The van der Waals surface area contributed by atoms with Gasteiger partial charge in [0.2, 0.25) is 0 Å². The Hall–Kier alpha value is -2.49. The molecule has 0 amide bonds. The summed E-state index contributed by atoms with van der Waals surface area (Å²) in [6, 6.07) is 10.7. The molecular formula is C22H28FIN4O2. The highest BCUT2D eigenvalue weighted by Crippen LogP contribution is 2.27. The number of aromatic nitrogens is 1. The molecule has 0 aliphatic heterocycles. The predicted molar refractivity (Wildman–Crippen MR) is 130 cm³/mol. The summed E-state index contributed by atoms with van der Waals surface area (Å²) in [4.78, 5) is 7.38. The van der Waals surface area contributed by atoms with Crippen LogP contribution in [-0.4, -0.2) is 45.3 Å². The van der Waals surface area contributed by atoms with E-state index in [1.54, 1.807) is 21.3 Å². The van der Waals surface area contributed by atoms with Gasteiger partial charge < -0.3 is 25.1 Å². The second kappa shape index (κ2) is 11.6. The Bertz CT molecular complexity index is 990. The molecule has 1 aromatic heterocycles. The number of nitrogens with zero attached hydrogens (tertiary/aromatic N) is 1. The Morgan fingerprint density at radius 2 is 1.73 bits per heavy atom. The van der Waals surface area contributed by atoms with Gasteiger partial charge in [-0.1, -0.05) is 6.07 Å². The maximum Gasteiger partial charge on any atom is 0.190 e. The Labute approximate surface area is 193 Å². The predicted octanol–water partition coefficient (Wildman–Crippen LogP) is 3.89. The van der Waals surface area contributed by atoms with Crippen molar-refractivity contribution in [2.75, 3.05) is 34.4 Å². The molecule has 2 aromatic carbocycles. The molecule has 0 spiro atoms. The zero-order valence-electron chi connectivity index (χ0n) is 17.4. The number of benzene rings is 2. The van der Waals surface area contributed by atoms with Crippen molar-refractivity contribution in [3.05, 3.63) is 59.5 Å². The van der Waals surface area contributed by atoms with E-state index < -0.39 is 0 Å². The Kier molecular flexibility index (Phi) is 9.22. The third-order valence-corrected chi connectivity index (χ3v) is 4.79. The van der Waals surface area contributed by atoms with E-state index in [9.17, 15) is 4.39 Å². The number of aromatic amines is 1. The molecule has 6 nitrogen and oxygen atoms in total. The lowest BCUT2D eigenvalue weighted by atomic mass is 10.1. The van der Waals surface area contributed by atoms with Gasteiger partial charge >= 0.3 is 0 Å². The molecule has 162 valence electrons. The molecule has 0 atom stereocenters. The summed E-state index contributed by atoms with van der Waals surface area (Å²) in [6.45, 7) is 1.46. The zero-order chi connectivity index (χ0) is 20.6. The summed E-state index contributed by atoms with van der Waals surface area (Å²) >= 11 is 0. The highest BCUT2D eigenvalue weighted by Gasteiger charge is 2.07. The van der Waals surface area contributed by atoms with Crippen LogP contribution < -0.4 is 20.1 Å². The van der Waals surface area contributed by atoms with Gasteiger partial charge in [0, 0.05) is 37.2 Å². The van der Waals surface area contributed by atoms with Crippen LogP contribution in [0.25, 0.3) is 10.9 Å². The van der Waals surface area contributed by atoms with Gasteiger partial charge in [-0.25, -0.2) is 4.39 Å². The zero-order valence-corrected chi connectivity index (χ0v) is 19.8. The van der Waals surface area contributed by atoms with Gasteiger partial charge in [-0.2, -0.15) is 0 Å². The first-order chi connectivity index (χ1) is 14.1. The quantitative estimate of drug-likeness (QED) is 0.237. The second-order valence-corrected chi connectivity index (χ2v) is 6.62. The lowest BCUT2D eigenvalue weighted by Gasteiger charge is -2.13. The van der Waals surface area contributed by atoms with Crippen molar-refractivity contribution >= 4 is 40.8 Å². The monoisotopic (exact) mass is 526 g/mol. The molecule has 0 fully saturated rings. The number of H-pyrrole nitrogens is 1. The van der Waals surface area contributed by atoms with Crippen molar-refractivity contribution in [1.29, 1.82) is 0 Å². The largest absolute Gasteiger partial charge is 0.493 e. The molecule has 0 saturated carbocycles. The average molecular weight is 526 g/mol. The van der Waals surface area contributed by atoms with Crippen molar-refractivity contribution < 1.29 is 13.9 Å². The molecule has 0 saturated heterocycles. The molecule has 0 aliphatic rings. The summed E-state index contributed by atoms with van der Waals surface area (Å²) in [5.74, 6) is 1.97. The maximum absolute atomic E-state index is 13.3. The Balaban J connectivity index is 0.00000320. The molecule has 0 radical (unpaired) electrons. The van der Waals surface area contributed by atoms with Gasteiger partial charge in [-0.3, -0.25) is 4.99 Å². The third-order valence-electron chi connectivity index (χ3n) is 4.79. The summed E-state index contributed by atoms with van der Waals surface area (Å²) < 4.78 is 23.9. The molecule has 0 aliphatic carbocycles. The van der Waals surface area contributed by atoms with Crippen LogP contribution >= 0.6 is 24.0 Å². The molecule has 0 bridgehead atoms. The highest BCUT2D eigenvalue weighted by atomic mass is 127. The van der Waals surface area contributed by atoms with Crippen molar-refractivity contribution in [3.63, 3.8) is 0 Å². The minimum absolute atomic E-state index is 0. The molecule has 30 heavy (non-hydrogen) atoms. The van der Waals surface area contributed by atoms with E-state index in [-0.39, 0.29) is 29.8 Å². The molecule has 1 heterocycles. The molecule has 0 unspecified atom stereocenters. The number of hydrogen-bond acceptors (Lipinski definition) is 3. The van der Waals surface area contributed by atoms with Crippen LogP contribution in [-0.2, 0) is 12.8 Å². The minimum atomic E-state index is -0.233. The fraction of sp³-hybridized carbons (Fsp3) is 0.318. The molecule has 8 heteroatoms. The van der Waals surface area contributed by atoms with E-state index in [1.165, 1.54) is 12.1 Å². The lowest BCUT2D eigenvalue weighted by Crippen LogP contribution is -2.39. The topological polar surface area (TPSA) is 70.7 Å². The number of aliphatic imine (C=N–C) groups is 1. The Morgan fingerprint density at radius 1 is 1.00 bits per heavy atom. The van der Waals surface area contributed by atoms with Crippen molar-refractivity contribution in [1.82, 2.24) is 15.6 Å². The lowest BCUT2D eigenvalue weighted by molar-refractivity contribution is 0.354. The van der Waals surface area contributed by atoms with Crippen LogP contribution in [0.15, 0.2) is 47.6 Å². The summed E-state index contributed by atoms with van der Waals surface area (Å²) in [5, 5.41) is 7.68. The maximum atomic E-state index is 13.3. The van der Waals surface area contributed by atoms with E-state index in [0.29, 0.717) is 0 Å². The first kappa shape index (κ1) is 23.8. The van der Waals surface area contributed by atoms with Crippen molar-refractivity contribution in [3.8, 4) is 11.5 Å². The van der Waals surface area contributed by atoms with E-state index in [2.05, 4.69) is 20.6 Å². The standard InChI is InChI=1S/C22H27FN4O2.HI/c1-24-22(25-10-8-15-4-7-20(28-2)21(12-15)29-3)26-11-9-16-14-27-19-13-17(23)5-6-18(16)19;/h4-7,12-14,27H,8-11H2,1-3H3,(H2,24,25,26);1H. The number of hydrogen-bond donors (Lipinski definition) is 3. The highest BCUT2D eigenvalue weighted by molar-refractivity contribution is 14.0. The number of halogens is 2. The van der Waals surface area contributed by atoms with Crippen LogP contribution in [0.3, 0.4) is 0 Å². The summed E-state index contributed by atoms with van der Waals surface area (Å²) in [6.07, 6.45) is 3.57. The third kappa shape index (κ3) is 6.01. The molecule has 3 N–H and O–H groups in total. The van der Waals surface area contributed by atoms with Crippen LogP contribution in [0.4, 0.5) is 4.39 Å². The first-order valence-electron chi connectivity index (χ1n) is 9.55. The van der Waals surface area contributed by atoms with Crippen molar-refractivity contribution in [2.24, 2.45) is 4.99 Å². The SMILES string of the molecule is CN=C(NCCc1ccc(OC)c(OC)c1)NCCc1c[nH]c2cc(F)ccc12.I. The molecule has 3 aromatic rings. The number of fused-ring (bicyclic) bond motifs is 1. The fourth-order valence-electron chi connectivity index (χ4n) is 3.26. The number of rotatable bonds is 8. The van der Waals surface area contributed by atoms with Crippen LogP contribution in [0, 0.1) is 5.82 Å². The number of ether oxygens (including phenoxy) is 2. The van der Waals surface area contributed by atoms with Gasteiger partial charge in [-0.05, 0) is 54.3 Å². The number of guanidine groups is 1. The van der Waals surface area contributed by atoms with E-state index in [4.69, 9.17) is 9.47 Å². The van der Waals surface area contributed by atoms with Gasteiger partial charge in [0.25, 0.3) is 0 Å². The van der Waals surface area contributed by atoms with Gasteiger partial charge in [0.05, 0.1) is 14.2 Å². The van der Waals surface area contributed by atoms with E-state index >= 15 is 0 Å². The summed E-state index contributed by atoms with van der Waals surface area (Å²) in [5.41, 5.74) is 3.11. The average Bonchev–Trinajstić information content (AvgIpc) is 3.14. The molecule has 3 rings (SSSR count). The number of nitrogens with one attached hydrogen (secondary N) is 3. The second-order valence-electron chi connectivity index (χ2n) is 6.62. The van der Waals surface area contributed by atoms with Gasteiger partial charge in [-0.15, -0.1) is 24.0 Å². The van der Waals surface area contributed by atoms with Crippen LogP contribution in [0.2, 0.25) is 0 Å². The van der Waals surface area contributed by atoms with E-state index in [0.717, 1.165) is 65.4 Å². The fourth-order valence-corrected chi connectivity index (χ4v) is 3.26. The summed E-state index contributed by atoms with van der Waals surface area (Å²) in [7, 11) is 5.01. The van der Waals surface area contributed by atoms with Gasteiger partial charge in [0.1, 0.15) is 5.82 Å². The first-order valence-corrected chi connectivity index (χ1v) is 9.55. The van der Waals surface area contributed by atoms with Crippen molar-refractivity contribution in [2.45, 2.75) is 12.8 Å². The normalized spacial score (nSPS) is 11.1. The molecular weight excluding hydrogens is 498 g/mol. The Morgan fingerprint density at radius 3 is 2.43 bits per heavy atom. The minimum Gasteiger partial charge on any atom is -0.493 e. The van der Waals surface area contributed by atoms with E-state index in [1.807, 2.05) is 30.5 Å². The van der Waals surface area contributed by atoms with Gasteiger partial charge in [0.15, 0.2) is 17.5 Å². The smallest absolute Gasteiger partial charge is 0.190 e.